The molecule has 0 saturated carbocycles. The van der Waals surface area contributed by atoms with Crippen LogP contribution in [0.4, 0.5) is 0 Å². The first-order chi connectivity index (χ1) is 21.5. The number of carbonyl (C=O) groups excluding carboxylic acids is 2. The first kappa shape index (κ1) is 32.2. The Labute approximate surface area is 260 Å². The number of benzene rings is 3. The van der Waals surface area contributed by atoms with Crippen LogP contribution in [0.5, 0.6) is 17.2 Å². The summed E-state index contributed by atoms with van der Waals surface area (Å²) in [4.78, 5) is 32.2. The molecule has 0 fully saturated rings. The van der Waals surface area contributed by atoms with Crippen LogP contribution in [0.15, 0.2) is 84.9 Å². The molecule has 0 aliphatic carbocycles. The Morgan fingerprint density at radius 3 is 1.34 bits per heavy atom. The summed E-state index contributed by atoms with van der Waals surface area (Å²) in [6.45, 7) is 12.5. The molecule has 0 spiro atoms. The topological polar surface area (TPSA) is 73.2 Å². The number of hydrogen-bond acceptors (Lipinski definition) is 5. The highest BCUT2D eigenvalue weighted by Crippen LogP contribution is 2.43. The summed E-state index contributed by atoms with van der Waals surface area (Å²) in [5.74, 6) is 0.667. The van der Waals surface area contributed by atoms with Crippen molar-refractivity contribution < 1.29 is 23.8 Å². The van der Waals surface area contributed by atoms with Gasteiger partial charge in [0.15, 0.2) is 22.9 Å². The average molecular weight is 598 g/mol. The first-order valence-corrected chi connectivity index (χ1v) is 15.4. The van der Waals surface area contributed by atoms with Gasteiger partial charge in [-0.1, -0.05) is 60.7 Å². The summed E-state index contributed by atoms with van der Waals surface area (Å²) < 4.78 is 20.4. The number of rotatable bonds is 15. The molecule has 8 heteroatoms. The Kier molecular flexibility index (Phi) is 11.5. The van der Waals surface area contributed by atoms with E-state index < -0.39 is 0 Å². The maximum absolute atomic E-state index is 14.4. The smallest absolute Gasteiger partial charge is 0.274 e. The number of aromatic nitrogens is 1. The van der Waals surface area contributed by atoms with Gasteiger partial charge >= 0.3 is 0 Å². The third-order valence-corrected chi connectivity index (χ3v) is 7.45. The summed E-state index contributed by atoms with van der Waals surface area (Å²) in [7, 11) is 0. The van der Waals surface area contributed by atoms with Crippen molar-refractivity contribution in [3.8, 4) is 22.9 Å². The van der Waals surface area contributed by atoms with Gasteiger partial charge in [0.1, 0.15) is 19.0 Å². The summed E-state index contributed by atoms with van der Waals surface area (Å²) in [6.07, 6.45) is 0. The Morgan fingerprint density at radius 1 is 0.568 bits per heavy atom. The van der Waals surface area contributed by atoms with Crippen molar-refractivity contribution in [2.45, 2.75) is 47.8 Å². The molecule has 232 valence electrons. The van der Waals surface area contributed by atoms with Gasteiger partial charge in [0.2, 0.25) is 0 Å². The maximum Gasteiger partial charge on any atom is 0.274 e. The number of nitrogens with zero attached hydrogens (tertiary/aromatic N) is 3. The van der Waals surface area contributed by atoms with Crippen LogP contribution in [-0.2, 0) is 13.2 Å². The van der Waals surface area contributed by atoms with Gasteiger partial charge < -0.3 is 24.0 Å². The third-order valence-electron chi connectivity index (χ3n) is 7.45. The van der Waals surface area contributed by atoms with Gasteiger partial charge in [0.25, 0.3) is 11.8 Å². The van der Waals surface area contributed by atoms with Crippen LogP contribution in [0.3, 0.4) is 0 Å². The molecule has 0 bridgehead atoms. The second-order valence-corrected chi connectivity index (χ2v) is 10.1. The fourth-order valence-electron chi connectivity index (χ4n) is 5.08. The van der Waals surface area contributed by atoms with E-state index in [0.29, 0.717) is 44.2 Å². The minimum absolute atomic E-state index is 0.188. The zero-order chi connectivity index (χ0) is 31.5. The minimum atomic E-state index is -0.255. The van der Waals surface area contributed by atoms with Crippen LogP contribution >= 0.6 is 0 Å². The Balaban J connectivity index is 2.02. The highest BCUT2D eigenvalue weighted by Gasteiger charge is 2.37. The average Bonchev–Trinajstić information content (AvgIpc) is 3.39. The van der Waals surface area contributed by atoms with Crippen molar-refractivity contribution in [2.24, 2.45) is 0 Å². The lowest BCUT2D eigenvalue weighted by Gasteiger charge is -2.23. The van der Waals surface area contributed by atoms with Crippen molar-refractivity contribution >= 4 is 11.8 Å². The number of amides is 2. The number of ether oxygens (including phenoxy) is 3. The maximum atomic E-state index is 14.4. The molecule has 0 radical (unpaired) electrons. The molecule has 4 aromatic rings. The van der Waals surface area contributed by atoms with Gasteiger partial charge in [-0.05, 0) is 70.0 Å². The molecule has 1 heterocycles. The largest absolute Gasteiger partial charge is 0.494 e. The van der Waals surface area contributed by atoms with Crippen LogP contribution in [0, 0.1) is 0 Å². The molecule has 8 nitrogen and oxygen atoms in total. The van der Waals surface area contributed by atoms with Crippen LogP contribution < -0.4 is 14.2 Å². The van der Waals surface area contributed by atoms with Gasteiger partial charge in [-0.3, -0.25) is 14.2 Å². The summed E-state index contributed by atoms with van der Waals surface area (Å²) in [6, 6.07) is 26.9. The Hall–Kier alpha value is -4.72. The van der Waals surface area contributed by atoms with Gasteiger partial charge in [-0.25, -0.2) is 0 Å². The van der Waals surface area contributed by atoms with E-state index in [9.17, 15) is 9.59 Å². The molecule has 0 atom stereocenters. The van der Waals surface area contributed by atoms with E-state index in [-0.39, 0.29) is 47.9 Å². The lowest BCUT2D eigenvalue weighted by atomic mass is 10.2. The van der Waals surface area contributed by atoms with E-state index >= 15 is 0 Å². The molecule has 0 aliphatic rings. The predicted molar refractivity (Wildman–Crippen MR) is 173 cm³/mol. The molecule has 2 amide bonds. The molecule has 44 heavy (non-hydrogen) atoms. The monoisotopic (exact) mass is 597 g/mol. The van der Waals surface area contributed by atoms with E-state index in [0.717, 1.165) is 11.1 Å². The Morgan fingerprint density at radius 2 is 0.977 bits per heavy atom. The normalized spacial score (nSPS) is 10.8. The quantitative estimate of drug-likeness (QED) is 0.148. The fraction of sp³-hybridized carbons (Fsp3) is 0.333. The molecular formula is C36H43N3O5. The number of hydrogen-bond donors (Lipinski definition) is 0. The number of carbonyl (C=O) groups is 2. The van der Waals surface area contributed by atoms with E-state index in [1.54, 1.807) is 14.4 Å². The highest BCUT2D eigenvalue weighted by molar-refractivity contribution is 6.04. The van der Waals surface area contributed by atoms with E-state index in [2.05, 4.69) is 0 Å². The zero-order valence-electron chi connectivity index (χ0n) is 26.4. The second-order valence-electron chi connectivity index (χ2n) is 10.1. The van der Waals surface area contributed by atoms with E-state index in [4.69, 9.17) is 14.2 Å². The van der Waals surface area contributed by atoms with Crippen molar-refractivity contribution in [1.82, 2.24) is 14.4 Å². The molecule has 0 unspecified atom stereocenters. The minimum Gasteiger partial charge on any atom is -0.494 e. The SMILES string of the molecule is CCOc1ccc(-n2c(C(=O)N(CC)CC)c(OCc3ccccc3)c(OCc3ccccc3)c2C(=O)N(CC)CC)cc1. The standard InChI is InChI=1S/C36H43N3O5/c1-6-37(7-2)35(40)31-33(43-25-27-17-13-11-14-18-27)34(44-26-28-19-15-12-16-20-28)32(36(41)38(8-3)9-4)39(31)29-21-23-30(24-22-29)42-10-5/h11-24H,6-10,25-26H2,1-5H3. The van der Waals surface area contributed by atoms with Crippen LogP contribution in [0.25, 0.3) is 5.69 Å². The summed E-state index contributed by atoms with van der Waals surface area (Å²) in [5.41, 5.74) is 2.96. The molecule has 3 aromatic carbocycles. The van der Waals surface area contributed by atoms with Gasteiger partial charge in [-0.2, -0.15) is 0 Å². The second kappa shape index (κ2) is 15.7. The highest BCUT2D eigenvalue weighted by atomic mass is 16.5. The third kappa shape index (κ3) is 7.25. The van der Waals surface area contributed by atoms with Crippen LogP contribution in [0.2, 0.25) is 0 Å². The van der Waals surface area contributed by atoms with Crippen LogP contribution in [-0.4, -0.2) is 59.0 Å². The zero-order valence-corrected chi connectivity index (χ0v) is 26.4. The molecular weight excluding hydrogens is 554 g/mol. The van der Waals surface area contributed by atoms with Gasteiger partial charge in [0.05, 0.1) is 6.61 Å². The Bertz CT molecular complexity index is 1400. The van der Waals surface area contributed by atoms with Crippen molar-refractivity contribution in [3.05, 3.63) is 107 Å². The first-order valence-electron chi connectivity index (χ1n) is 15.4. The lowest BCUT2D eigenvalue weighted by Crippen LogP contribution is -2.34. The summed E-state index contributed by atoms with van der Waals surface area (Å²) >= 11 is 0. The van der Waals surface area contributed by atoms with E-state index in [1.165, 1.54) is 0 Å². The molecule has 1 aromatic heterocycles. The molecule has 0 N–H and O–H groups in total. The van der Waals surface area contributed by atoms with Crippen LogP contribution in [0.1, 0.15) is 66.7 Å². The van der Waals surface area contributed by atoms with E-state index in [1.807, 2.05) is 120 Å². The van der Waals surface area contributed by atoms with Gasteiger partial charge in [-0.15, -0.1) is 0 Å². The van der Waals surface area contributed by atoms with Crippen molar-refractivity contribution in [3.63, 3.8) is 0 Å². The van der Waals surface area contributed by atoms with Gasteiger partial charge in [0, 0.05) is 31.9 Å². The summed E-state index contributed by atoms with van der Waals surface area (Å²) in [5, 5.41) is 0. The fourth-order valence-corrected chi connectivity index (χ4v) is 5.08. The molecule has 0 aliphatic heterocycles. The predicted octanol–water partition coefficient (Wildman–Crippen LogP) is 7.00. The van der Waals surface area contributed by atoms with Crippen molar-refractivity contribution in [2.75, 3.05) is 32.8 Å². The van der Waals surface area contributed by atoms with Crippen molar-refractivity contribution in [1.29, 1.82) is 0 Å². The lowest BCUT2D eigenvalue weighted by molar-refractivity contribution is 0.0755. The molecule has 4 rings (SSSR count). The molecule has 0 saturated heterocycles.